The van der Waals surface area contributed by atoms with Gasteiger partial charge in [0, 0.05) is 0 Å². The van der Waals surface area contributed by atoms with Gasteiger partial charge in [-0.1, -0.05) is 90.6 Å². The fourth-order valence-corrected chi connectivity index (χ4v) is 3.28. The fraction of sp³-hybridized carbons (Fsp3) is 0.375. The van der Waals surface area contributed by atoms with Crippen LogP contribution in [-0.2, 0) is 15.6 Å². The number of carbonyl (C=O) groups is 1. The molecular formula is C24H30O3. The maximum Gasteiger partial charge on any atom is 0.315 e. The lowest BCUT2D eigenvalue weighted by Crippen LogP contribution is -2.20. The summed E-state index contributed by atoms with van der Waals surface area (Å²) in [6.45, 7) is 16.2. The van der Waals surface area contributed by atoms with E-state index in [1.807, 2.05) is 84.0 Å². The summed E-state index contributed by atoms with van der Waals surface area (Å²) in [6.07, 6.45) is 0. The first-order valence-electron chi connectivity index (χ1n) is 9.19. The van der Waals surface area contributed by atoms with Crippen LogP contribution < -0.4 is 0 Å². The molecule has 144 valence electrons. The van der Waals surface area contributed by atoms with E-state index in [4.69, 9.17) is 0 Å². The van der Waals surface area contributed by atoms with Crippen molar-refractivity contribution in [3.05, 3.63) is 71.3 Å². The molecule has 0 bridgehead atoms. The van der Waals surface area contributed by atoms with Crippen molar-refractivity contribution in [3.63, 3.8) is 0 Å². The summed E-state index contributed by atoms with van der Waals surface area (Å²) in [5.41, 5.74) is 2.83. The fourth-order valence-electron chi connectivity index (χ4n) is 3.28. The smallest absolute Gasteiger partial charge is 0.315 e. The molecule has 0 aliphatic heterocycles. The number of aromatic hydroxyl groups is 1. The first kappa shape index (κ1) is 20.8. The summed E-state index contributed by atoms with van der Waals surface area (Å²) in [7, 11) is 0. The van der Waals surface area contributed by atoms with Gasteiger partial charge in [-0.3, -0.25) is 4.79 Å². The summed E-state index contributed by atoms with van der Waals surface area (Å²) in [6, 6.07) is 13.0. The Kier molecular flexibility index (Phi) is 5.55. The molecule has 0 amide bonds. The van der Waals surface area contributed by atoms with Crippen molar-refractivity contribution < 1.29 is 15.0 Å². The third kappa shape index (κ3) is 4.41. The minimum absolute atomic E-state index is 0.244. The quantitative estimate of drug-likeness (QED) is 0.711. The molecule has 27 heavy (non-hydrogen) atoms. The van der Waals surface area contributed by atoms with Crippen molar-refractivity contribution in [1.82, 2.24) is 0 Å². The summed E-state index contributed by atoms with van der Waals surface area (Å²) in [5.74, 6) is -1.59. The Morgan fingerprint density at radius 3 is 1.74 bits per heavy atom. The van der Waals surface area contributed by atoms with Crippen molar-refractivity contribution in [1.29, 1.82) is 0 Å². The van der Waals surface area contributed by atoms with E-state index in [1.54, 1.807) is 0 Å². The number of phenolic OH excluding ortho intramolecular Hbond substituents is 1. The van der Waals surface area contributed by atoms with E-state index >= 15 is 0 Å². The van der Waals surface area contributed by atoms with Crippen LogP contribution in [-0.4, -0.2) is 16.2 Å². The molecule has 0 heterocycles. The topological polar surface area (TPSA) is 57.5 Å². The zero-order valence-electron chi connectivity index (χ0n) is 17.1. The number of benzene rings is 2. The maximum atomic E-state index is 12.2. The van der Waals surface area contributed by atoms with E-state index < -0.39 is 11.9 Å². The van der Waals surface area contributed by atoms with Crippen LogP contribution in [0.1, 0.15) is 69.7 Å². The average molecular weight is 367 g/mol. The molecule has 2 aromatic rings. The van der Waals surface area contributed by atoms with Crippen molar-refractivity contribution >= 4 is 11.5 Å². The normalized spacial score (nSPS) is 13.3. The number of hydrogen-bond donors (Lipinski definition) is 2. The van der Waals surface area contributed by atoms with Crippen molar-refractivity contribution in [2.45, 2.75) is 58.3 Å². The Morgan fingerprint density at radius 2 is 1.37 bits per heavy atom. The molecule has 2 rings (SSSR count). The molecule has 2 aromatic carbocycles. The van der Waals surface area contributed by atoms with Gasteiger partial charge in [0.2, 0.25) is 0 Å². The second-order valence-electron chi connectivity index (χ2n) is 9.13. The lowest BCUT2D eigenvalue weighted by molar-refractivity contribution is -0.137. The van der Waals surface area contributed by atoms with E-state index in [1.165, 1.54) is 0 Å². The summed E-state index contributed by atoms with van der Waals surface area (Å²) in [5, 5.41) is 20.9. The average Bonchev–Trinajstić information content (AvgIpc) is 2.54. The highest BCUT2D eigenvalue weighted by Crippen LogP contribution is 2.43. The molecular weight excluding hydrogens is 336 g/mol. The van der Waals surface area contributed by atoms with Gasteiger partial charge in [-0.2, -0.15) is 0 Å². The standard InChI is InChI=1S/C24H30O3/c1-15(16-11-9-8-10-12-16)20(22(26)27)17-13-18(23(2,3)4)21(25)19(14-17)24(5,6)7/h8-14,20,25H,1H2,2-7H3,(H,26,27). The van der Waals surface area contributed by atoms with Crippen LogP contribution in [0.15, 0.2) is 49.0 Å². The minimum Gasteiger partial charge on any atom is -0.507 e. The highest BCUT2D eigenvalue weighted by atomic mass is 16.4. The Labute approximate surface area is 162 Å². The molecule has 0 aliphatic carbocycles. The van der Waals surface area contributed by atoms with Crippen molar-refractivity contribution in [3.8, 4) is 5.75 Å². The number of hydrogen-bond acceptors (Lipinski definition) is 2. The molecule has 0 radical (unpaired) electrons. The molecule has 3 nitrogen and oxygen atoms in total. The van der Waals surface area contributed by atoms with Crippen molar-refractivity contribution in [2.75, 3.05) is 0 Å². The second-order valence-corrected chi connectivity index (χ2v) is 9.13. The summed E-state index contributed by atoms with van der Waals surface area (Å²) < 4.78 is 0. The molecule has 0 fully saturated rings. The number of aliphatic carboxylic acids is 1. The highest BCUT2D eigenvalue weighted by molar-refractivity contribution is 5.92. The van der Waals surface area contributed by atoms with Crippen molar-refractivity contribution in [2.24, 2.45) is 0 Å². The lowest BCUT2D eigenvalue weighted by Gasteiger charge is -2.29. The van der Waals surface area contributed by atoms with Crippen LogP contribution in [0, 0.1) is 0 Å². The maximum absolute atomic E-state index is 12.2. The number of phenols is 1. The molecule has 0 spiro atoms. The Bertz CT molecular complexity index is 814. The van der Waals surface area contributed by atoms with Gasteiger partial charge in [0.15, 0.2) is 0 Å². The van der Waals surface area contributed by atoms with E-state index in [2.05, 4.69) is 6.58 Å². The lowest BCUT2D eigenvalue weighted by atomic mass is 9.76. The van der Waals surface area contributed by atoms with Gasteiger partial charge in [0.1, 0.15) is 11.7 Å². The largest absolute Gasteiger partial charge is 0.507 e. The predicted molar refractivity (Wildman–Crippen MR) is 111 cm³/mol. The molecule has 1 atom stereocenters. The van der Waals surface area contributed by atoms with E-state index in [0.717, 1.165) is 16.7 Å². The zero-order chi connectivity index (χ0) is 20.6. The molecule has 2 N–H and O–H groups in total. The van der Waals surface area contributed by atoms with E-state index in [-0.39, 0.29) is 16.6 Å². The zero-order valence-corrected chi connectivity index (χ0v) is 17.1. The van der Waals surface area contributed by atoms with Crippen LogP contribution >= 0.6 is 0 Å². The molecule has 0 saturated carbocycles. The van der Waals surface area contributed by atoms with Gasteiger partial charge in [-0.25, -0.2) is 0 Å². The third-order valence-electron chi connectivity index (χ3n) is 4.82. The summed E-state index contributed by atoms with van der Waals surface area (Å²) >= 11 is 0. The summed E-state index contributed by atoms with van der Waals surface area (Å²) in [4.78, 5) is 12.2. The number of carboxylic acids is 1. The minimum atomic E-state index is -0.950. The Balaban J connectivity index is 2.73. The Morgan fingerprint density at radius 1 is 0.926 bits per heavy atom. The Hall–Kier alpha value is -2.55. The van der Waals surface area contributed by atoms with Gasteiger partial charge in [0.05, 0.1) is 0 Å². The van der Waals surface area contributed by atoms with Crippen LogP contribution in [0.5, 0.6) is 5.75 Å². The monoisotopic (exact) mass is 366 g/mol. The van der Waals surface area contributed by atoms with Gasteiger partial charge in [-0.05, 0) is 38.7 Å². The second kappa shape index (κ2) is 7.22. The van der Waals surface area contributed by atoms with Gasteiger partial charge in [-0.15, -0.1) is 0 Å². The van der Waals surface area contributed by atoms with Crippen LogP contribution in [0.4, 0.5) is 0 Å². The van der Waals surface area contributed by atoms with Gasteiger partial charge in [0.25, 0.3) is 0 Å². The number of rotatable bonds is 4. The van der Waals surface area contributed by atoms with Crippen LogP contribution in [0.3, 0.4) is 0 Å². The molecule has 0 aromatic heterocycles. The number of carboxylic acid groups (broad SMARTS) is 1. The first-order valence-corrected chi connectivity index (χ1v) is 9.19. The molecule has 1 unspecified atom stereocenters. The first-order chi connectivity index (χ1) is 12.3. The highest BCUT2D eigenvalue weighted by Gasteiger charge is 2.31. The molecule has 0 aliphatic rings. The third-order valence-corrected chi connectivity index (χ3v) is 4.82. The van der Waals surface area contributed by atoms with Crippen LogP contribution in [0.25, 0.3) is 5.57 Å². The molecule has 3 heteroatoms. The van der Waals surface area contributed by atoms with Crippen LogP contribution in [0.2, 0.25) is 0 Å². The predicted octanol–water partition coefficient (Wildman–Crippen LogP) is 5.87. The van der Waals surface area contributed by atoms with Gasteiger partial charge < -0.3 is 10.2 Å². The van der Waals surface area contributed by atoms with E-state index in [0.29, 0.717) is 11.1 Å². The SMILES string of the molecule is C=C(c1ccccc1)C(C(=O)O)c1cc(C(C)(C)C)c(O)c(C(C)(C)C)c1. The van der Waals surface area contributed by atoms with Gasteiger partial charge >= 0.3 is 5.97 Å². The van der Waals surface area contributed by atoms with E-state index in [9.17, 15) is 15.0 Å². The molecule has 0 saturated heterocycles.